The maximum absolute atomic E-state index is 14.3. The number of hydrogen-bond donors (Lipinski definition) is 2. The minimum Gasteiger partial charge on any atom is -0.382 e. The molecule has 2 aromatic carbocycles. The first-order valence-electron chi connectivity index (χ1n) is 15.2. The Bertz CT molecular complexity index is 1480. The smallest absolute Gasteiger partial charge is 0.250 e. The number of hydrogen-bond acceptors (Lipinski definition) is 6. The number of anilines is 1. The predicted molar refractivity (Wildman–Crippen MR) is 161 cm³/mol. The minimum atomic E-state index is -0.494. The molecule has 2 fully saturated rings. The van der Waals surface area contributed by atoms with E-state index in [4.69, 9.17) is 15.2 Å². The summed E-state index contributed by atoms with van der Waals surface area (Å²) in [7, 11) is 0. The van der Waals surface area contributed by atoms with Crippen molar-refractivity contribution in [1.29, 1.82) is 0 Å². The number of halogens is 1. The van der Waals surface area contributed by atoms with Gasteiger partial charge in [-0.25, -0.2) is 4.39 Å². The van der Waals surface area contributed by atoms with Crippen LogP contribution in [0.15, 0.2) is 36.4 Å². The summed E-state index contributed by atoms with van der Waals surface area (Å²) in [6, 6.07) is 10.4. The molecule has 1 saturated heterocycles. The molecule has 0 unspecified atom stereocenters. The monoisotopic (exact) mass is 576 g/mol. The normalized spacial score (nSPS) is 22.7. The van der Waals surface area contributed by atoms with Crippen molar-refractivity contribution in [2.45, 2.75) is 64.5 Å². The summed E-state index contributed by atoms with van der Waals surface area (Å²) in [4.78, 5) is 28.1. The Hall–Kier alpha value is -3.27. The van der Waals surface area contributed by atoms with Gasteiger partial charge in [0, 0.05) is 54.4 Å². The summed E-state index contributed by atoms with van der Waals surface area (Å²) in [6.45, 7) is 9.36. The van der Waals surface area contributed by atoms with Gasteiger partial charge in [-0.2, -0.15) is 0 Å². The number of nitrogens with one attached hydrogen (secondary N) is 1. The van der Waals surface area contributed by atoms with Crippen LogP contribution in [0.1, 0.15) is 66.8 Å². The first-order chi connectivity index (χ1) is 20.2. The van der Waals surface area contributed by atoms with E-state index in [1.165, 1.54) is 12.1 Å². The molecule has 0 atom stereocenters. The Morgan fingerprint density at radius 3 is 2.60 bits per heavy atom. The number of fused-ring (bicyclic) bond motifs is 3. The van der Waals surface area contributed by atoms with Gasteiger partial charge in [-0.3, -0.25) is 19.1 Å². The standard InChI is InChI=1S/C33H41FN4O4/c1-33(2)19-29-31(26-10-4-22(34)18-28(26)38(29)30(39)20-33)21-3-9-25(32(35)40)27(17-21)36-23-5-7-24(8-6-23)42-16-13-37-11-14-41-15-12-37/h3-4,9-10,17-18,23-24,36H,5-8,11-16,19-20H2,1-2H3,(H2,35,40)/t23-,24-. The lowest BCUT2D eigenvalue weighted by Crippen LogP contribution is -2.39. The van der Waals surface area contributed by atoms with E-state index in [1.54, 1.807) is 16.7 Å². The van der Waals surface area contributed by atoms with Crippen LogP contribution in [0.3, 0.4) is 0 Å². The highest BCUT2D eigenvalue weighted by molar-refractivity contribution is 6.06. The van der Waals surface area contributed by atoms with Crippen molar-refractivity contribution in [3.63, 3.8) is 0 Å². The van der Waals surface area contributed by atoms with Gasteiger partial charge in [0.2, 0.25) is 5.91 Å². The highest BCUT2D eigenvalue weighted by atomic mass is 19.1. The van der Waals surface area contributed by atoms with Crippen LogP contribution >= 0.6 is 0 Å². The maximum Gasteiger partial charge on any atom is 0.250 e. The van der Waals surface area contributed by atoms with Gasteiger partial charge in [0.25, 0.3) is 5.91 Å². The number of amides is 1. The van der Waals surface area contributed by atoms with Crippen molar-refractivity contribution >= 4 is 28.4 Å². The van der Waals surface area contributed by atoms with Crippen LogP contribution in [0.4, 0.5) is 10.1 Å². The van der Waals surface area contributed by atoms with Crippen LogP contribution in [0, 0.1) is 11.2 Å². The summed E-state index contributed by atoms with van der Waals surface area (Å²) < 4.78 is 27.7. The van der Waals surface area contributed by atoms with E-state index in [0.717, 1.165) is 87.3 Å². The SMILES string of the molecule is CC1(C)CC(=O)n2c(c(-c3ccc(C(N)=O)c(N[C@H]4CC[C@H](OCCN5CCOCC5)CC4)c3)c3ccc(F)cc32)C1. The lowest BCUT2D eigenvalue weighted by atomic mass is 9.80. The second kappa shape index (κ2) is 11.8. The Balaban J connectivity index is 1.22. The first-order valence-corrected chi connectivity index (χ1v) is 15.2. The van der Waals surface area contributed by atoms with Crippen molar-refractivity contribution in [3.05, 3.63) is 53.5 Å². The van der Waals surface area contributed by atoms with Gasteiger partial charge in [0.1, 0.15) is 5.82 Å². The molecule has 0 spiro atoms. The fourth-order valence-electron chi connectivity index (χ4n) is 6.89. The average Bonchev–Trinajstić information content (AvgIpc) is 3.26. The van der Waals surface area contributed by atoms with Crippen LogP contribution in [-0.4, -0.2) is 72.9 Å². The molecule has 0 bridgehead atoms. The van der Waals surface area contributed by atoms with E-state index in [2.05, 4.69) is 24.1 Å². The highest BCUT2D eigenvalue weighted by Crippen LogP contribution is 2.43. The lowest BCUT2D eigenvalue weighted by molar-refractivity contribution is -0.00919. The topological polar surface area (TPSA) is 98.8 Å². The van der Waals surface area contributed by atoms with Crippen molar-refractivity contribution in [1.82, 2.24) is 9.47 Å². The molecule has 0 radical (unpaired) electrons. The molecule has 42 heavy (non-hydrogen) atoms. The molecule has 3 heterocycles. The van der Waals surface area contributed by atoms with E-state index >= 15 is 0 Å². The number of nitrogens with two attached hydrogens (primary N) is 1. The molecule has 1 amide bonds. The molecule has 1 saturated carbocycles. The zero-order valence-corrected chi connectivity index (χ0v) is 24.6. The zero-order valence-electron chi connectivity index (χ0n) is 24.6. The fraction of sp³-hybridized carbons (Fsp3) is 0.515. The largest absolute Gasteiger partial charge is 0.382 e. The van der Waals surface area contributed by atoms with E-state index in [9.17, 15) is 14.0 Å². The molecule has 1 aromatic heterocycles. The average molecular weight is 577 g/mol. The summed E-state index contributed by atoms with van der Waals surface area (Å²) in [5, 5.41) is 4.44. The summed E-state index contributed by atoms with van der Waals surface area (Å²) in [5.74, 6) is -0.899. The predicted octanol–water partition coefficient (Wildman–Crippen LogP) is 5.23. The number of carbonyl (C=O) groups is 2. The van der Waals surface area contributed by atoms with E-state index in [1.807, 2.05) is 12.1 Å². The summed E-state index contributed by atoms with van der Waals surface area (Å²) in [6.07, 6.45) is 5.08. The lowest BCUT2D eigenvalue weighted by Gasteiger charge is -2.32. The number of benzene rings is 2. The van der Waals surface area contributed by atoms with Crippen LogP contribution in [-0.2, 0) is 15.9 Å². The number of ether oxygens (including phenoxy) is 2. The van der Waals surface area contributed by atoms with Crippen molar-refractivity contribution in [2.75, 3.05) is 44.8 Å². The molecule has 9 heteroatoms. The maximum atomic E-state index is 14.3. The third-order valence-electron chi connectivity index (χ3n) is 9.03. The quantitative estimate of drug-likeness (QED) is 0.381. The summed E-state index contributed by atoms with van der Waals surface area (Å²) >= 11 is 0. The zero-order chi connectivity index (χ0) is 29.4. The Labute approximate surface area is 246 Å². The fourth-order valence-corrected chi connectivity index (χ4v) is 6.89. The van der Waals surface area contributed by atoms with Gasteiger partial charge < -0.3 is 20.5 Å². The van der Waals surface area contributed by atoms with E-state index in [0.29, 0.717) is 29.6 Å². The number of nitrogens with zero attached hydrogens (tertiary/aromatic N) is 2. The Morgan fingerprint density at radius 2 is 1.86 bits per heavy atom. The van der Waals surface area contributed by atoms with Crippen molar-refractivity contribution < 1.29 is 23.5 Å². The summed E-state index contributed by atoms with van der Waals surface area (Å²) in [5.41, 5.74) is 9.94. The molecule has 3 N–H and O–H groups in total. The third-order valence-corrected chi connectivity index (χ3v) is 9.03. The Kier molecular flexibility index (Phi) is 8.09. The second-order valence-electron chi connectivity index (χ2n) is 12.8. The number of carbonyl (C=O) groups excluding carboxylic acids is 2. The number of primary amides is 1. The van der Waals surface area contributed by atoms with Crippen molar-refractivity contribution in [2.24, 2.45) is 11.1 Å². The molecule has 8 nitrogen and oxygen atoms in total. The van der Waals surface area contributed by atoms with Crippen LogP contribution in [0.5, 0.6) is 0 Å². The Morgan fingerprint density at radius 1 is 1.10 bits per heavy atom. The molecule has 3 aliphatic rings. The van der Waals surface area contributed by atoms with Gasteiger partial charge >= 0.3 is 0 Å². The molecular formula is C33H41FN4O4. The molecular weight excluding hydrogens is 535 g/mol. The number of rotatable bonds is 8. The van der Waals surface area contributed by atoms with Gasteiger partial charge in [-0.15, -0.1) is 0 Å². The van der Waals surface area contributed by atoms with E-state index in [-0.39, 0.29) is 29.3 Å². The molecule has 224 valence electrons. The number of morpholine rings is 1. The molecule has 2 aliphatic heterocycles. The van der Waals surface area contributed by atoms with Crippen LogP contribution in [0.25, 0.3) is 22.0 Å². The molecule has 3 aromatic rings. The van der Waals surface area contributed by atoms with Gasteiger partial charge in [0.15, 0.2) is 0 Å². The van der Waals surface area contributed by atoms with Crippen molar-refractivity contribution in [3.8, 4) is 11.1 Å². The number of aromatic nitrogens is 1. The van der Waals surface area contributed by atoms with Crippen LogP contribution in [0.2, 0.25) is 0 Å². The second-order valence-corrected chi connectivity index (χ2v) is 12.8. The minimum absolute atomic E-state index is 0.0286. The van der Waals surface area contributed by atoms with Gasteiger partial charge in [0.05, 0.1) is 37.0 Å². The highest BCUT2D eigenvalue weighted by Gasteiger charge is 2.35. The van der Waals surface area contributed by atoms with Gasteiger partial charge in [-0.05, 0) is 73.4 Å². The van der Waals surface area contributed by atoms with Gasteiger partial charge in [-0.1, -0.05) is 19.9 Å². The molecule has 6 rings (SSSR count). The van der Waals surface area contributed by atoms with Crippen LogP contribution < -0.4 is 11.1 Å². The molecule has 1 aliphatic carbocycles. The third kappa shape index (κ3) is 5.96. The van der Waals surface area contributed by atoms with E-state index < -0.39 is 5.91 Å². The first kappa shape index (κ1) is 28.8.